The van der Waals surface area contributed by atoms with Gasteiger partial charge in [0.1, 0.15) is 11.4 Å². The van der Waals surface area contributed by atoms with Crippen molar-refractivity contribution in [1.29, 1.82) is 0 Å². The Hall–Kier alpha value is -3.19. The summed E-state index contributed by atoms with van der Waals surface area (Å²) in [6.45, 7) is 1.55. The van der Waals surface area contributed by atoms with Crippen LogP contribution in [-0.2, 0) is 4.74 Å². The third-order valence-corrected chi connectivity index (χ3v) is 6.55. The van der Waals surface area contributed by atoms with E-state index < -0.39 is 11.7 Å². The molecule has 0 aliphatic carbocycles. The van der Waals surface area contributed by atoms with Crippen LogP contribution in [0.4, 0.5) is 4.39 Å². The Bertz CT molecular complexity index is 1120. The highest BCUT2D eigenvalue weighted by atomic mass is 19.1. The molecule has 1 unspecified atom stereocenters. The zero-order valence-corrected chi connectivity index (χ0v) is 17.7. The van der Waals surface area contributed by atoms with Crippen molar-refractivity contribution in [3.05, 3.63) is 71.7 Å². The zero-order chi connectivity index (χ0) is 22.1. The Morgan fingerprint density at radius 3 is 2.59 bits per heavy atom. The van der Waals surface area contributed by atoms with Crippen molar-refractivity contribution in [3.8, 4) is 0 Å². The number of fused-ring (bicyclic) bond motifs is 1. The predicted molar refractivity (Wildman–Crippen MR) is 117 cm³/mol. The minimum atomic E-state index is -0.532. The Labute approximate surface area is 185 Å². The third kappa shape index (κ3) is 4.00. The van der Waals surface area contributed by atoms with Crippen LogP contribution in [0.25, 0.3) is 11.0 Å². The number of carbonyl (C=O) groups excluding carboxylic acids is 2. The SMILES string of the molecule is O=C(NCC1CCC2(CCN(C(=O)c3cc4ccccc4o3)CC2)O1)c1ccccc1F. The molecule has 32 heavy (non-hydrogen) atoms. The van der Waals surface area contributed by atoms with Crippen LogP contribution in [0.15, 0.2) is 59.0 Å². The van der Waals surface area contributed by atoms with E-state index in [0.717, 1.165) is 31.1 Å². The topological polar surface area (TPSA) is 71.8 Å². The number of para-hydroxylation sites is 1. The van der Waals surface area contributed by atoms with Crippen LogP contribution in [0, 0.1) is 5.82 Å². The lowest BCUT2D eigenvalue weighted by Crippen LogP contribution is -2.47. The molecule has 166 valence electrons. The van der Waals surface area contributed by atoms with E-state index in [1.165, 1.54) is 12.1 Å². The maximum absolute atomic E-state index is 13.8. The number of likely N-dealkylation sites (tertiary alicyclic amines) is 1. The van der Waals surface area contributed by atoms with Crippen molar-refractivity contribution in [1.82, 2.24) is 10.2 Å². The Balaban J connectivity index is 1.14. The fraction of sp³-hybridized carbons (Fsp3) is 0.360. The number of nitrogens with zero attached hydrogens (tertiary/aromatic N) is 1. The summed E-state index contributed by atoms with van der Waals surface area (Å²) in [6, 6.07) is 15.3. The molecule has 7 heteroatoms. The fourth-order valence-corrected chi connectivity index (χ4v) is 4.71. The van der Waals surface area contributed by atoms with Gasteiger partial charge in [-0.3, -0.25) is 9.59 Å². The molecule has 0 bridgehead atoms. The lowest BCUT2D eigenvalue weighted by atomic mass is 9.88. The van der Waals surface area contributed by atoms with Gasteiger partial charge in [0.25, 0.3) is 11.8 Å². The minimum Gasteiger partial charge on any atom is -0.451 e. The maximum Gasteiger partial charge on any atom is 0.289 e. The van der Waals surface area contributed by atoms with E-state index in [-0.39, 0.29) is 23.2 Å². The number of furan rings is 1. The smallest absolute Gasteiger partial charge is 0.289 e. The molecule has 2 aromatic carbocycles. The van der Waals surface area contributed by atoms with Crippen molar-refractivity contribution in [2.45, 2.75) is 37.4 Å². The van der Waals surface area contributed by atoms with Crippen LogP contribution >= 0.6 is 0 Å². The molecule has 0 radical (unpaired) electrons. The van der Waals surface area contributed by atoms with E-state index >= 15 is 0 Å². The van der Waals surface area contributed by atoms with Crippen molar-refractivity contribution in [2.24, 2.45) is 0 Å². The molecule has 6 nitrogen and oxygen atoms in total. The third-order valence-electron chi connectivity index (χ3n) is 6.55. The van der Waals surface area contributed by atoms with Gasteiger partial charge in [-0.25, -0.2) is 4.39 Å². The van der Waals surface area contributed by atoms with Crippen LogP contribution in [0.2, 0.25) is 0 Å². The number of hydrogen-bond donors (Lipinski definition) is 1. The van der Waals surface area contributed by atoms with Gasteiger partial charge in [0.15, 0.2) is 5.76 Å². The molecule has 2 aliphatic heterocycles. The lowest BCUT2D eigenvalue weighted by molar-refractivity contribution is -0.0714. The van der Waals surface area contributed by atoms with Gasteiger partial charge in [-0.15, -0.1) is 0 Å². The van der Waals surface area contributed by atoms with E-state index in [2.05, 4.69) is 5.32 Å². The lowest BCUT2D eigenvalue weighted by Gasteiger charge is -2.38. The number of hydrogen-bond acceptors (Lipinski definition) is 4. The highest BCUT2D eigenvalue weighted by Gasteiger charge is 2.43. The molecule has 1 atom stereocenters. The molecule has 2 aliphatic rings. The predicted octanol–water partition coefficient (Wildman–Crippen LogP) is 4.16. The van der Waals surface area contributed by atoms with Crippen LogP contribution in [0.5, 0.6) is 0 Å². The van der Waals surface area contributed by atoms with Gasteiger partial charge < -0.3 is 19.4 Å². The summed E-state index contributed by atoms with van der Waals surface area (Å²) >= 11 is 0. The summed E-state index contributed by atoms with van der Waals surface area (Å²) < 4.78 is 25.8. The van der Waals surface area contributed by atoms with Crippen molar-refractivity contribution < 1.29 is 23.1 Å². The van der Waals surface area contributed by atoms with Gasteiger partial charge in [0.05, 0.1) is 17.3 Å². The average molecular weight is 436 g/mol. The highest BCUT2D eigenvalue weighted by Crippen LogP contribution is 2.39. The maximum atomic E-state index is 13.8. The molecule has 3 aromatic rings. The van der Waals surface area contributed by atoms with Gasteiger partial charge in [0, 0.05) is 25.0 Å². The average Bonchev–Trinajstić information content (AvgIpc) is 3.42. The van der Waals surface area contributed by atoms with Gasteiger partial charge >= 0.3 is 0 Å². The summed E-state index contributed by atoms with van der Waals surface area (Å²) in [5.41, 5.74) is 0.485. The molecule has 2 saturated heterocycles. The highest BCUT2D eigenvalue weighted by molar-refractivity contribution is 5.96. The van der Waals surface area contributed by atoms with E-state index in [0.29, 0.717) is 31.0 Å². The Morgan fingerprint density at radius 2 is 1.81 bits per heavy atom. The van der Waals surface area contributed by atoms with Gasteiger partial charge in [0.2, 0.25) is 0 Å². The first kappa shape index (κ1) is 20.7. The van der Waals surface area contributed by atoms with E-state index in [4.69, 9.17) is 9.15 Å². The number of amides is 2. The first-order chi connectivity index (χ1) is 15.5. The van der Waals surface area contributed by atoms with Crippen molar-refractivity contribution >= 4 is 22.8 Å². The molecular formula is C25H25FN2O4. The molecule has 1 spiro atoms. The summed E-state index contributed by atoms with van der Waals surface area (Å²) in [4.78, 5) is 27.0. The number of benzene rings is 2. The fourth-order valence-electron chi connectivity index (χ4n) is 4.71. The minimum absolute atomic E-state index is 0.0395. The summed E-state index contributed by atoms with van der Waals surface area (Å²) in [5, 5.41) is 3.70. The number of carbonyl (C=O) groups is 2. The Kier molecular flexibility index (Phi) is 5.43. The number of ether oxygens (including phenoxy) is 1. The number of halogens is 1. The van der Waals surface area contributed by atoms with Crippen molar-refractivity contribution in [2.75, 3.05) is 19.6 Å². The van der Waals surface area contributed by atoms with Crippen LogP contribution in [0.1, 0.15) is 46.6 Å². The van der Waals surface area contributed by atoms with Crippen LogP contribution < -0.4 is 5.32 Å². The number of rotatable bonds is 4. The van der Waals surface area contributed by atoms with Crippen LogP contribution in [-0.4, -0.2) is 48.1 Å². The van der Waals surface area contributed by atoms with Gasteiger partial charge in [-0.2, -0.15) is 0 Å². The van der Waals surface area contributed by atoms with Gasteiger partial charge in [-0.1, -0.05) is 30.3 Å². The van der Waals surface area contributed by atoms with Crippen molar-refractivity contribution in [3.63, 3.8) is 0 Å². The monoisotopic (exact) mass is 436 g/mol. The first-order valence-corrected chi connectivity index (χ1v) is 11.0. The quantitative estimate of drug-likeness (QED) is 0.667. The summed E-state index contributed by atoms with van der Waals surface area (Å²) in [5.74, 6) is -0.694. The zero-order valence-electron chi connectivity index (χ0n) is 17.7. The van der Waals surface area contributed by atoms with E-state index in [1.54, 1.807) is 18.2 Å². The molecule has 5 rings (SSSR count). The van der Waals surface area contributed by atoms with Gasteiger partial charge in [-0.05, 0) is 49.9 Å². The second kappa shape index (κ2) is 8.39. The normalized spacial score (nSPS) is 20.0. The molecule has 0 saturated carbocycles. The second-order valence-corrected chi connectivity index (χ2v) is 8.59. The standard InChI is InChI=1S/C25H25FN2O4/c26-20-7-3-2-6-19(20)23(29)27-16-18-9-10-25(32-18)11-13-28(14-12-25)24(30)22-15-17-5-1-4-8-21(17)31-22/h1-8,15,18H,9-14,16H2,(H,27,29). The summed E-state index contributed by atoms with van der Waals surface area (Å²) in [7, 11) is 0. The largest absolute Gasteiger partial charge is 0.451 e. The molecular weight excluding hydrogens is 411 g/mol. The second-order valence-electron chi connectivity index (χ2n) is 8.59. The van der Waals surface area contributed by atoms with E-state index in [9.17, 15) is 14.0 Å². The molecule has 2 fully saturated rings. The molecule has 3 heterocycles. The van der Waals surface area contributed by atoms with Crippen LogP contribution in [0.3, 0.4) is 0 Å². The first-order valence-electron chi connectivity index (χ1n) is 11.0. The molecule has 1 N–H and O–H groups in total. The number of piperidine rings is 1. The number of nitrogens with one attached hydrogen (secondary N) is 1. The van der Waals surface area contributed by atoms with E-state index in [1.807, 2.05) is 29.2 Å². The molecule has 1 aromatic heterocycles. The Morgan fingerprint density at radius 1 is 1.06 bits per heavy atom. The summed E-state index contributed by atoms with van der Waals surface area (Å²) in [6.07, 6.45) is 3.10. The molecule has 2 amide bonds.